The summed E-state index contributed by atoms with van der Waals surface area (Å²) in [6.07, 6.45) is 0.910. The van der Waals surface area contributed by atoms with Gasteiger partial charge in [0.25, 0.3) is 0 Å². The van der Waals surface area contributed by atoms with Crippen LogP contribution in [0.2, 0.25) is 0 Å². The minimum atomic E-state index is -1.81. The van der Waals surface area contributed by atoms with Crippen LogP contribution >= 0.6 is 0 Å². The SMILES string of the molecule is O=[Se]1CNc2ccc(Cc3ccccc3)cc21. The number of anilines is 1. The first-order chi connectivity index (χ1) is 8.33. The number of benzene rings is 2. The average molecular weight is 290 g/mol. The molecule has 1 N–H and O–H groups in total. The van der Waals surface area contributed by atoms with Crippen LogP contribution in [0.3, 0.4) is 0 Å². The van der Waals surface area contributed by atoms with Gasteiger partial charge >= 0.3 is 105 Å². The zero-order valence-corrected chi connectivity index (χ0v) is 11.1. The van der Waals surface area contributed by atoms with Crippen molar-refractivity contribution in [3.05, 3.63) is 59.7 Å². The van der Waals surface area contributed by atoms with Crippen LogP contribution in [0, 0.1) is 0 Å². The number of hydrogen-bond donors (Lipinski definition) is 1. The van der Waals surface area contributed by atoms with Crippen molar-refractivity contribution in [2.75, 3.05) is 10.8 Å². The second-order valence-electron chi connectivity index (χ2n) is 4.16. The maximum atomic E-state index is 11.8. The van der Waals surface area contributed by atoms with Gasteiger partial charge in [-0.25, -0.2) is 0 Å². The molecule has 1 aliphatic heterocycles. The Labute approximate surface area is 105 Å². The molecule has 17 heavy (non-hydrogen) atoms. The van der Waals surface area contributed by atoms with E-state index in [-0.39, 0.29) is 0 Å². The van der Waals surface area contributed by atoms with Gasteiger partial charge in [-0.1, -0.05) is 0 Å². The van der Waals surface area contributed by atoms with E-state index in [0.717, 1.165) is 16.6 Å². The summed E-state index contributed by atoms with van der Waals surface area (Å²) in [5.41, 5.74) is 4.23. The molecular weight excluding hydrogens is 277 g/mol. The summed E-state index contributed by atoms with van der Waals surface area (Å²) in [5, 5.41) is 3.18. The molecule has 0 aromatic heterocycles. The molecule has 0 fully saturated rings. The minimum absolute atomic E-state index is 0.643. The van der Waals surface area contributed by atoms with Crippen molar-refractivity contribution in [3.63, 3.8) is 0 Å². The van der Waals surface area contributed by atoms with Crippen molar-refractivity contribution in [1.29, 1.82) is 0 Å². The predicted octanol–water partition coefficient (Wildman–Crippen LogP) is 1.87. The van der Waals surface area contributed by atoms with E-state index >= 15 is 0 Å². The van der Waals surface area contributed by atoms with Gasteiger partial charge in [-0.15, -0.1) is 0 Å². The van der Waals surface area contributed by atoms with Crippen molar-refractivity contribution in [2.45, 2.75) is 6.42 Å². The summed E-state index contributed by atoms with van der Waals surface area (Å²) >= 11 is -1.81. The van der Waals surface area contributed by atoms with Gasteiger partial charge in [-0.05, 0) is 0 Å². The monoisotopic (exact) mass is 291 g/mol. The summed E-state index contributed by atoms with van der Waals surface area (Å²) in [5.74, 6) is 0. The molecule has 0 spiro atoms. The van der Waals surface area contributed by atoms with E-state index < -0.39 is 13.8 Å². The van der Waals surface area contributed by atoms with Crippen molar-refractivity contribution < 1.29 is 3.83 Å². The van der Waals surface area contributed by atoms with Gasteiger partial charge in [0, 0.05) is 0 Å². The zero-order chi connectivity index (χ0) is 11.7. The molecule has 3 rings (SSSR count). The molecule has 2 aromatic carbocycles. The molecule has 1 unspecified atom stereocenters. The van der Waals surface area contributed by atoms with E-state index in [1.54, 1.807) is 0 Å². The van der Waals surface area contributed by atoms with Crippen LogP contribution < -0.4 is 9.78 Å². The van der Waals surface area contributed by atoms with Gasteiger partial charge in [0.2, 0.25) is 0 Å². The normalized spacial score (nSPS) is 17.5. The first-order valence-electron chi connectivity index (χ1n) is 5.62. The number of rotatable bonds is 2. The number of fused-ring (bicyclic) bond motifs is 1. The van der Waals surface area contributed by atoms with Crippen LogP contribution in [0.25, 0.3) is 0 Å². The molecule has 0 bridgehead atoms. The molecule has 3 heteroatoms. The van der Waals surface area contributed by atoms with Gasteiger partial charge in [0.1, 0.15) is 0 Å². The molecule has 1 heterocycles. The first kappa shape index (κ1) is 10.7. The second-order valence-corrected chi connectivity index (χ2v) is 7.14. The third-order valence-electron chi connectivity index (χ3n) is 2.94. The maximum absolute atomic E-state index is 11.8. The van der Waals surface area contributed by atoms with Gasteiger partial charge in [-0.2, -0.15) is 0 Å². The topological polar surface area (TPSA) is 29.1 Å². The Balaban J connectivity index is 1.90. The Kier molecular flexibility index (Phi) is 2.79. The third kappa shape index (κ3) is 2.17. The fourth-order valence-corrected chi connectivity index (χ4v) is 4.39. The molecule has 0 aliphatic carbocycles. The van der Waals surface area contributed by atoms with Crippen LogP contribution in [0.15, 0.2) is 48.5 Å². The zero-order valence-electron chi connectivity index (χ0n) is 9.35. The Morgan fingerprint density at radius 3 is 2.71 bits per heavy atom. The molecule has 0 saturated carbocycles. The van der Waals surface area contributed by atoms with E-state index in [9.17, 15) is 3.83 Å². The van der Waals surface area contributed by atoms with Gasteiger partial charge in [-0.3, -0.25) is 0 Å². The van der Waals surface area contributed by atoms with E-state index in [1.165, 1.54) is 11.1 Å². The Hall–Kier alpha value is -1.44. The Morgan fingerprint density at radius 2 is 1.88 bits per heavy atom. The fourth-order valence-electron chi connectivity index (χ4n) is 2.06. The quantitative estimate of drug-likeness (QED) is 0.856. The predicted molar refractivity (Wildman–Crippen MR) is 70.3 cm³/mol. The third-order valence-corrected chi connectivity index (χ3v) is 5.53. The van der Waals surface area contributed by atoms with Crippen LogP contribution in [0.4, 0.5) is 5.69 Å². The molecule has 0 amide bonds. The summed E-state index contributed by atoms with van der Waals surface area (Å²) in [4.78, 5) is 0. The van der Waals surface area contributed by atoms with Crippen molar-refractivity contribution in [1.82, 2.24) is 0 Å². The van der Waals surface area contributed by atoms with Crippen LogP contribution in [0.1, 0.15) is 11.1 Å². The Morgan fingerprint density at radius 1 is 1.06 bits per heavy atom. The molecule has 1 aliphatic rings. The van der Waals surface area contributed by atoms with E-state index in [2.05, 4.69) is 47.8 Å². The van der Waals surface area contributed by atoms with E-state index in [1.807, 2.05) is 6.07 Å². The molecule has 1 atom stereocenters. The van der Waals surface area contributed by atoms with E-state index in [4.69, 9.17) is 0 Å². The number of nitrogens with one attached hydrogen (secondary N) is 1. The van der Waals surface area contributed by atoms with Crippen molar-refractivity contribution in [3.8, 4) is 0 Å². The van der Waals surface area contributed by atoms with Crippen LogP contribution in [-0.4, -0.2) is 19.3 Å². The average Bonchev–Trinajstić information content (AvgIpc) is 2.73. The standard InChI is InChI=1S/C14H13NOSe/c16-17-10-15-13-7-6-12(9-14(13)17)8-11-4-2-1-3-5-11/h1-7,9,15H,8,10H2. The molecule has 2 aromatic rings. The summed E-state index contributed by atoms with van der Waals surface area (Å²) in [7, 11) is 0. The van der Waals surface area contributed by atoms with Gasteiger partial charge in [0.15, 0.2) is 0 Å². The Bertz CT molecular complexity index is 566. The van der Waals surface area contributed by atoms with E-state index in [0.29, 0.717) is 5.44 Å². The van der Waals surface area contributed by atoms with Crippen LogP contribution in [0.5, 0.6) is 0 Å². The molecule has 0 radical (unpaired) electrons. The molecular formula is C14H13NOSe. The molecule has 86 valence electrons. The van der Waals surface area contributed by atoms with Crippen molar-refractivity contribution in [2.24, 2.45) is 0 Å². The summed E-state index contributed by atoms with van der Waals surface area (Å²) in [6, 6.07) is 16.6. The number of hydrogen-bond acceptors (Lipinski definition) is 2. The van der Waals surface area contributed by atoms with Gasteiger partial charge in [0.05, 0.1) is 0 Å². The summed E-state index contributed by atoms with van der Waals surface area (Å²) in [6.45, 7) is 0. The van der Waals surface area contributed by atoms with Crippen molar-refractivity contribution >= 4 is 24.0 Å². The summed E-state index contributed by atoms with van der Waals surface area (Å²) < 4.78 is 12.9. The molecule has 2 nitrogen and oxygen atoms in total. The second kappa shape index (κ2) is 4.44. The molecule has 0 saturated heterocycles. The van der Waals surface area contributed by atoms with Crippen LogP contribution in [-0.2, 0) is 10.3 Å². The van der Waals surface area contributed by atoms with Gasteiger partial charge < -0.3 is 0 Å². The first-order valence-corrected chi connectivity index (χ1v) is 8.39. The fraction of sp³-hybridized carbons (Fsp3) is 0.143.